The van der Waals surface area contributed by atoms with Gasteiger partial charge in [-0.15, -0.1) is 11.6 Å². The molecule has 0 atom stereocenters. The van der Waals surface area contributed by atoms with Gasteiger partial charge in [0, 0.05) is 17.2 Å². The number of alkyl halides is 1. The van der Waals surface area contributed by atoms with E-state index in [9.17, 15) is 0 Å². The van der Waals surface area contributed by atoms with Gasteiger partial charge in [-0.05, 0) is 5.92 Å². The van der Waals surface area contributed by atoms with Gasteiger partial charge in [-0.1, -0.05) is 34.6 Å². The molecule has 0 N–H and O–H groups in total. The molecule has 0 aliphatic heterocycles. The Morgan fingerprint density at radius 2 is 1.93 bits per heavy atom. The van der Waals surface area contributed by atoms with Crippen LogP contribution in [0.1, 0.15) is 57.6 Å². The lowest BCUT2D eigenvalue weighted by Gasteiger charge is -2.19. The van der Waals surface area contributed by atoms with Gasteiger partial charge in [0.15, 0.2) is 0 Å². The van der Waals surface area contributed by atoms with E-state index in [1.54, 1.807) is 0 Å². The lowest BCUT2D eigenvalue weighted by molar-refractivity contribution is 0.537. The molecule has 0 aliphatic carbocycles. The molecular weight excluding hydrogens is 208 g/mol. The summed E-state index contributed by atoms with van der Waals surface area (Å²) in [4.78, 5) is 8.99. The number of nitrogens with zero attached hydrogens (tertiary/aromatic N) is 2. The summed E-state index contributed by atoms with van der Waals surface area (Å²) in [5.74, 6) is 1.76. The highest BCUT2D eigenvalue weighted by Crippen LogP contribution is 2.23. The second-order valence-electron chi connectivity index (χ2n) is 5.14. The van der Waals surface area contributed by atoms with Crippen LogP contribution in [0.25, 0.3) is 0 Å². The molecule has 84 valence electrons. The fraction of sp³-hybridized carbons (Fsp3) is 0.667. The Bertz CT molecular complexity index is 340. The molecule has 15 heavy (non-hydrogen) atoms. The standard InChI is InChI=1S/C12H19ClN2/c1-8(2)10-9(6-13)7-14-11(15-10)12(3,4)5/h7-8H,6H2,1-5H3. The fourth-order valence-electron chi connectivity index (χ4n) is 1.38. The van der Waals surface area contributed by atoms with Gasteiger partial charge < -0.3 is 0 Å². The van der Waals surface area contributed by atoms with Crippen molar-refractivity contribution >= 4 is 11.6 Å². The van der Waals surface area contributed by atoms with E-state index in [1.165, 1.54) is 0 Å². The van der Waals surface area contributed by atoms with Crippen LogP contribution in [0.2, 0.25) is 0 Å². The third-order valence-corrected chi connectivity index (χ3v) is 2.55. The van der Waals surface area contributed by atoms with E-state index in [4.69, 9.17) is 11.6 Å². The molecule has 1 aromatic rings. The molecule has 0 unspecified atom stereocenters. The second kappa shape index (κ2) is 4.48. The van der Waals surface area contributed by atoms with E-state index in [-0.39, 0.29) is 5.41 Å². The van der Waals surface area contributed by atoms with Crippen LogP contribution in [-0.4, -0.2) is 9.97 Å². The van der Waals surface area contributed by atoms with E-state index in [2.05, 4.69) is 44.6 Å². The molecule has 2 nitrogen and oxygen atoms in total. The summed E-state index contributed by atoms with van der Waals surface area (Å²) >= 11 is 5.86. The van der Waals surface area contributed by atoms with Gasteiger partial charge in [-0.2, -0.15) is 0 Å². The minimum absolute atomic E-state index is 0.00547. The van der Waals surface area contributed by atoms with Crippen molar-refractivity contribution in [2.75, 3.05) is 0 Å². The zero-order chi connectivity index (χ0) is 11.6. The highest BCUT2D eigenvalue weighted by atomic mass is 35.5. The summed E-state index contributed by atoms with van der Waals surface area (Å²) < 4.78 is 0. The lowest BCUT2D eigenvalue weighted by Crippen LogP contribution is -2.18. The average molecular weight is 227 g/mol. The monoisotopic (exact) mass is 226 g/mol. The van der Waals surface area contributed by atoms with Crippen LogP contribution in [0.15, 0.2) is 6.20 Å². The van der Waals surface area contributed by atoms with Crippen molar-refractivity contribution in [3.63, 3.8) is 0 Å². The number of rotatable bonds is 2. The molecular formula is C12H19ClN2. The van der Waals surface area contributed by atoms with Crippen molar-refractivity contribution in [2.45, 2.75) is 51.8 Å². The second-order valence-corrected chi connectivity index (χ2v) is 5.41. The molecule has 0 bridgehead atoms. The summed E-state index contributed by atoms with van der Waals surface area (Å²) in [5, 5.41) is 0. The first-order valence-electron chi connectivity index (χ1n) is 5.28. The van der Waals surface area contributed by atoms with Gasteiger partial charge in [-0.3, -0.25) is 0 Å². The number of hydrogen-bond acceptors (Lipinski definition) is 2. The van der Waals surface area contributed by atoms with Gasteiger partial charge in [-0.25, -0.2) is 9.97 Å². The topological polar surface area (TPSA) is 25.8 Å². The SMILES string of the molecule is CC(C)c1nc(C(C)(C)C)ncc1CCl. The predicted molar refractivity (Wildman–Crippen MR) is 64.4 cm³/mol. The Hall–Kier alpha value is -0.630. The maximum Gasteiger partial charge on any atom is 0.133 e. The molecule has 0 saturated carbocycles. The van der Waals surface area contributed by atoms with Gasteiger partial charge in [0.05, 0.1) is 11.6 Å². The first kappa shape index (κ1) is 12.4. The molecule has 0 aromatic carbocycles. The molecule has 0 fully saturated rings. The van der Waals surface area contributed by atoms with Crippen LogP contribution < -0.4 is 0 Å². The van der Waals surface area contributed by atoms with Crippen molar-refractivity contribution < 1.29 is 0 Å². The van der Waals surface area contributed by atoms with Gasteiger partial charge >= 0.3 is 0 Å². The quantitative estimate of drug-likeness (QED) is 0.720. The Morgan fingerprint density at radius 3 is 2.33 bits per heavy atom. The molecule has 0 saturated heterocycles. The first-order valence-corrected chi connectivity index (χ1v) is 5.82. The summed E-state index contributed by atoms with van der Waals surface area (Å²) in [6, 6.07) is 0. The van der Waals surface area contributed by atoms with Crippen LogP contribution in [-0.2, 0) is 11.3 Å². The highest BCUT2D eigenvalue weighted by molar-refractivity contribution is 6.17. The van der Waals surface area contributed by atoms with Crippen molar-refractivity contribution in [1.82, 2.24) is 9.97 Å². The Balaban J connectivity index is 3.22. The van der Waals surface area contributed by atoms with Gasteiger partial charge in [0.25, 0.3) is 0 Å². The molecule has 1 heterocycles. The zero-order valence-electron chi connectivity index (χ0n) is 10.1. The highest BCUT2D eigenvalue weighted by Gasteiger charge is 2.19. The third-order valence-electron chi connectivity index (χ3n) is 2.26. The number of hydrogen-bond donors (Lipinski definition) is 0. The first-order chi connectivity index (χ1) is 6.86. The normalized spacial score (nSPS) is 12.2. The molecule has 0 aliphatic rings. The molecule has 0 radical (unpaired) electrons. The van der Waals surface area contributed by atoms with E-state index in [0.29, 0.717) is 11.8 Å². The van der Waals surface area contributed by atoms with Crippen LogP contribution in [0.3, 0.4) is 0 Å². The van der Waals surface area contributed by atoms with Crippen molar-refractivity contribution in [3.05, 3.63) is 23.3 Å². The predicted octanol–water partition coefficient (Wildman–Crippen LogP) is 3.64. The summed E-state index contributed by atoms with van der Waals surface area (Å²) in [5.41, 5.74) is 2.11. The van der Waals surface area contributed by atoms with Gasteiger partial charge in [0.1, 0.15) is 5.82 Å². The molecule has 0 amide bonds. The Kier molecular flexibility index (Phi) is 3.72. The average Bonchev–Trinajstić information content (AvgIpc) is 2.15. The van der Waals surface area contributed by atoms with Gasteiger partial charge in [0.2, 0.25) is 0 Å². The number of halogens is 1. The van der Waals surface area contributed by atoms with E-state index in [1.807, 2.05) is 6.20 Å². The maximum absolute atomic E-state index is 5.86. The summed E-state index contributed by atoms with van der Waals surface area (Å²) in [6.45, 7) is 10.6. The van der Waals surface area contributed by atoms with Crippen molar-refractivity contribution in [2.24, 2.45) is 0 Å². The third kappa shape index (κ3) is 2.91. The molecule has 1 aromatic heterocycles. The Morgan fingerprint density at radius 1 is 1.33 bits per heavy atom. The zero-order valence-corrected chi connectivity index (χ0v) is 10.9. The minimum Gasteiger partial charge on any atom is -0.240 e. The summed E-state index contributed by atoms with van der Waals surface area (Å²) in [7, 11) is 0. The largest absolute Gasteiger partial charge is 0.240 e. The van der Waals surface area contributed by atoms with Crippen LogP contribution in [0.4, 0.5) is 0 Å². The summed E-state index contributed by atoms with van der Waals surface area (Å²) in [6.07, 6.45) is 1.86. The van der Waals surface area contributed by atoms with Crippen molar-refractivity contribution in [1.29, 1.82) is 0 Å². The lowest BCUT2D eigenvalue weighted by atomic mass is 9.95. The smallest absolute Gasteiger partial charge is 0.133 e. The van der Waals surface area contributed by atoms with Crippen LogP contribution in [0.5, 0.6) is 0 Å². The fourth-order valence-corrected chi connectivity index (χ4v) is 1.59. The minimum atomic E-state index is -0.00547. The van der Waals surface area contributed by atoms with Crippen LogP contribution >= 0.6 is 11.6 Å². The van der Waals surface area contributed by atoms with E-state index in [0.717, 1.165) is 17.1 Å². The molecule has 0 spiro atoms. The van der Waals surface area contributed by atoms with E-state index < -0.39 is 0 Å². The molecule has 1 rings (SSSR count). The molecule has 3 heteroatoms. The van der Waals surface area contributed by atoms with Crippen LogP contribution in [0, 0.1) is 0 Å². The van der Waals surface area contributed by atoms with Crippen molar-refractivity contribution in [3.8, 4) is 0 Å². The number of aromatic nitrogens is 2. The maximum atomic E-state index is 5.86. The Labute approximate surface area is 97.1 Å². The van der Waals surface area contributed by atoms with E-state index >= 15 is 0 Å².